The van der Waals surface area contributed by atoms with Crippen molar-refractivity contribution in [3.05, 3.63) is 94.3 Å². The number of aliphatic carboxylic acids is 2. The molecule has 3 aromatic carbocycles. The predicted molar refractivity (Wildman–Crippen MR) is 212 cm³/mol. The monoisotopic (exact) mass is 914 g/mol. The van der Waals surface area contributed by atoms with E-state index in [1.807, 2.05) is 0 Å². The molecule has 23 heteroatoms. The van der Waals surface area contributed by atoms with Crippen LogP contribution >= 0.6 is 0 Å². The molecular weight excluding hydrogens is 872 g/mol. The van der Waals surface area contributed by atoms with Crippen molar-refractivity contribution in [1.29, 1.82) is 0 Å². The minimum absolute atomic E-state index is 0.113. The van der Waals surface area contributed by atoms with Crippen molar-refractivity contribution in [3.63, 3.8) is 0 Å². The zero-order valence-electron chi connectivity index (χ0n) is 33.3. The quantitative estimate of drug-likeness (QED) is 0.0327. The summed E-state index contributed by atoms with van der Waals surface area (Å²) in [5, 5.41) is 142. The summed E-state index contributed by atoms with van der Waals surface area (Å²) in [5.74, 6) is -17.0. The summed E-state index contributed by atoms with van der Waals surface area (Å²) in [5.41, 5.74) is -1.11. The molecule has 0 radical (unpaired) electrons. The number of benzene rings is 3. The molecule has 10 atom stereocenters. The fourth-order valence-corrected chi connectivity index (χ4v) is 7.00. The van der Waals surface area contributed by atoms with E-state index in [1.165, 1.54) is 6.07 Å². The van der Waals surface area contributed by atoms with E-state index in [0.717, 1.165) is 60.7 Å². The summed E-state index contributed by atoms with van der Waals surface area (Å²) >= 11 is 0. The molecule has 0 amide bonds. The van der Waals surface area contributed by atoms with Crippen LogP contribution in [0, 0.1) is 5.92 Å². The summed E-state index contributed by atoms with van der Waals surface area (Å²) in [6, 6.07) is 8.29. The number of aliphatic hydroxyl groups is 6. The van der Waals surface area contributed by atoms with Crippen LogP contribution in [-0.2, 0) is 42.9 Å². The van der Waals surface area contributed by atoms with Crippen molar-refractivity contribution in [3.8, 4) is 34.5 Å². The summed E-state index contributed by atoms with van der Waals surface area (Å²) in [6.07, 6.45) is -15.3. The van der Waals surface area contributed by atoms with Gasteiger partial charge in [0.25, 0.3) is 0 Å². The molecule has 5 rings (SSSR count). The number of carboxylic acids is 2. The van der Waals surface area contributed by atoms with Gasteiger partial charge < -0.3 is 90.4 Å². The summed E-state index contributed by atoms with van der Waals surface area (Å²) < 4.78 is 21.9. The number of aliphatic hydroxyl groups excluding tert-OH is 6. The number of phenols is 6. The highest BCUT2D eigenvalue weighted by molar-refractivity contribution is 6.02. The van der Waals surface area contributed by atoms with Crippen LogP contribution in [0.4, 0.5) is 0 Å². The Kier molecular flexibility index (Phi) is 15.3. The molecule has 1 aliphatic carbocycles. The molecule has 0 spiro atoms. The van der Waals surface area contributed by atoms with Crippen LogP contribution in [0.3, 0.4) is 0 Å². The lowest BCUT2D eigenvalue weighted by atomic mass is 9.71. The molecule has 0 fully saturated rings. The zero-order valence-corrected chi connectivity index (χ0v) is 33.3. The number of hydrogen-bond acceptors (Lipinski definition) is 21. The Morgan fingerprint density at radius 1 is 0.738 bits per heavy atom. The number of carbonyl (C=O) groups excluding carboxylic acids is 3. The number of phenolic OH excluding ortho intramolecular Hbond substituents is 6. The molecule has 3 aromatic rings. The number of aromatic hydroxyl groups is 6. The van der Waals surface area contributed by atoms with Gasteiger partial charge in [-0.25, -0.2) is 14.4 Å². The van der Waals surface area contributed by atoms with Gasteiger partial charge in [0.05, 0.1) is 31.1 Å². The van der Waals surface area contributed by atoms with Crippen LogP contribution in [0.25, 0.3) is 12.2 Å². The summed E-state index contributed by atoms with van der Waals surface area (Å²) in [7, 11) is 0. The first kappa shape index (κ1) is 48.6. The van der Waals surface area contributed by atoms with Crippen molar-refractivity contribution in [2.45, 2.75) is 61.2 Å². The van der Waals surface area contributed by atoms with Gasteiger partial charge in [-0.3, -0.25) is 9.59 Å². The second kappa shape index (κ2) is 20.4. The second-order valence-electron chi connectivity index (χ2n) is 14.6. The van der Waals surface area contributed by atoms with E-state index in [-0.39, 0.29) is 22.3 Å². The Morgan fingerprint density at radius 2 is 1.37 bits per heavy atom. The van der Waals surface area contributed by atoms with Gasteiger partial charge in [-0.15, -0.1) is 0 Å². The molecule has 1 heterocycles. The second-order valence-corrected chi connectivity index (χ2v) is 14.6. The molecule has 2 aliphatic rings. The maximum Gasteiger partial charge on any atom is 0.370 e. The van der Waals surface area contributed by atoms with E-state index < -0.39 is 156 Å². The third-order valence-electron chi connectivity index (χ3n) is 10.2. The lowest BCUT2D eigenvalue weighted by Crippen LogP contribution is -2.54. The largest absolute Gasteiger partial charge is 0.504 e. The average Bonchev–Trinajstić information content (AvgIpc) is 3.25. The first-order chi connectivity index (χ1) is 30.6. The van der Waals surface area contributed by atoms with Gasteiger partial charge in [0, 0.05) is 18.1 Å². The van der Waals surface area contributed by atoms with E-state index in [0.29, 0.717) is 6.08 Å². The molecular formula is C42H42O23. The maximum absolute atomic E-state index is 14.9. The van der Waals surface area contributed by atoms with Crippen molar-refractivity contribution >= 4 is 42.0 Å². The fraction of sp³-hybridized carbons (Fsp3) is 0.310. The highest BCUT2D eigenvalue weighted by Crippen LogP contribution is 2.48. The Labute approximate surface area is 365 Å². The van der Waals surface area contributed by atoms with Gasteiger partial charge in [0.15, 0.2) is 58.9 Å². The summed E-state index contributed by atoms with van der Waals surface area (Å²) in [4.78, 5) is 66.3. The Hall–Kier alpha value is -7.41. The van der Waals surface area contributed by atoms with Crippen LogP contribution < -0.4 is 0 Å². The van der Waals surface area contributed by atoms with Crippen LogP contribution in [0.15, 0.2) is 72.0 Å². The molecule has 6 unspecified atom stereocenters. The summed E-state index contributed by atoms with van der Waals surface area (Å²) in [6.45, 7) is -2.35. The van der Waals surface area contributed by atoms with Crippen molar-refractivity contribution in [1.82, 2.24) is 0 Å². The first-order valence-corrected chi connectivity index (χ1v) is 19.0. The standard InChI is InChI=1S/C42H42O23/c43-14-28(52)36(57)37(27(51)12-32(54)55)65-41(60)20-8-18-10-25(49)26(50)11-19(18)34(17-3-5-22(46)24(48)9-17)35(20)42(61)63-30-13-31(40(58)59)62-38(29(53)15-44)39(30)64-33(56)6-2-16-1-4-21(45)23(47)7-16/h1-11,13,27-30,34-39,43-53,57H,12,14-15H2,(H,54,55)(H,58,59)/b6-2-/t27?,28?,29?,30-,34-,35?,36?,37?,38-,39-/m1/s1. The predicted octanol–water partition coefficient (Wildman–Crippen LogP) is -1.22. The average molecular weight is 915 g/mol. The minimum Gasteiger partial charge on any atom is -0.504 e. The minimum atomic E-state index is -2.38. The van der Waals surface area contributed by atoms with Crippen LogP contribution in [0.2, 0.25) is 0 Å². The third kappa shape index (κ3) is 11.0. The lowest BCUT2D eigenvalue weighted by Gasteiger charge is -2.39. The molecule has 0 bridgehead atoms. The smallest absolute Gasteiger partial charge is 0.370 e. The maximum atomic E-state index is 14.9. The van der Waals surface area contributed by atoms with Gasteiger partial charge >= 0.3 is 29.8 Å². The number of fused-ring (bicyclic) bond motifs is 1. The number of carbonyl (C=O) groups is 5. The highest BCUT2D eigenvalue weighted by Gasteiger charge is 2.49. The molecule has 65 heavy (non-hydrogen) atoms. The lowest BCUT2D eigenvalue weighted by molar-refractivity contribution is -0.189. The zero-order chi connectivity index (χ0) is 48.0. The number of ether oxygens (including phenoxy) is 4. The third-order valence-corrected chi connectivity index (χ3v) is 10.2. The Balaban J connectivity index is 1.67. The molecule has 23 nitrogen and oxygen atoms in total. The van der Waals surface area contributed by atoms with Gasteiger partial charge in [-0.2, -0.15) is 0 Å². The number of rotatable bonds is 17. The number of carboxylic acid groups (broad SMARTS) is 2. The SMILES string of the molecule is O=C(O)CC(O)C(OC(=O)C1=Cc2cc(O)c(O)cc2[C@@H](c2ccc(O)c(O)c2)C1C(=O)O[C@@H]1C=C(C(=O)O)O[C@H](C(O)CO)[C@@H]1OC(=O)/C=C\c1ccc(O)c(O)c1)C(O)C(O)CO. The first-order valence-electron chi connectivity index (χ1n) is 19.0. The van der Waals surface area contributed by atoms with E-state index in [9.17, 15) is 95.5 Å². The van der Waals surface area contributed by atoms with E-state index in [1.54, 1.807) is 0 Å². The molecule has 14 N–H and O–H groups in total. The van der Waals surface area contributed by atoms with Gasteiger partial charge in [-0.1, -0.05) is 12.1 Å². The van der Waals surface area contributed by atoms with E-state index in [2.05, 4.69) is 0 Å². The van der Waals surface area contributed by atoms with Crippen LogP contribution in [0.5, 0.6) is 34.5 Å². The fourth-order valence-electron chi connectivity index (χ4n) is 7.00. The molecule has 348 valence electrons. The van der Waals surface area contributed by atoms with Crippen molar-refractivity contribution in [2.75, 3.05) is 13.2 Å². The number of hydrogen-bond donors (Lipinski definition) is 14. The van der Waals surface area contributed by atoms with Gasteiger partial charge in [0.1, 0.15) is 24.4 Å². The van der Waals surface area contributed by atoms with Crippen molar-refractivity contribution < 1.29 is 114 Å². The van der Waals surface area contributed by atoms with E-state index in [4.69, 9.17) is 18.9 Å². The highest BCUT2D eigenvalue weighted by atomic mass is 16.6. The molecule has 0 aromatic heterocycles. The van der Waals surface area contributed by atoms with Crippen LogP contribution in [0.1, 0.15) is 34.6 Å². The Morgan fingerprint density at radius 3 is 1.97 bits per heavy atom. The van der Waals surface area contributed by atoms with Gasteiger partial charge in [-0.05, 0) is 70.8 Å². The molecule has 0 saturated carbocycles. The van der Waals surface area contributed by atoms with Gasteiger partial charge in [0.2, 0.25) is 5.76 Å². The molecule has 0 saturated heterocycles. The van der Waals surface area contributed by atoms with Crippen molar-refractivity contribution in [2.24, 2.45) is 5.92 Å². The normalized spacial score (nSPS) is 21.5. The van der Waals surface area contributed by atoms with E-state index >= 15 is 0 Å². The topological polar surface area (TPSA) is 405 Å². The van der Waals surface area contributed by atoms with Crippen LogP contribution in [-0.4, -0.2) is 163 Å². The number of esters is 3. The Bertz CT molecular complexity index is 2400. The molecule has 1 aliphatic heterocycles.